The maximum Gasteiger partial charge on any atom is 0.291 e. The van der Waals surface area contributed by atoms with E-state index in [2.05, 4.69) is 52.3 Å². The van der Waals surface area contributed by atoms with Crippen molar-refractivity contribution < 1.29 is 4.79 Å². The van der Waals surface area contributed by atoms with Crippen molar-refractivity contribution in [1.29, 1.82) is 0 Å². The summed E-state index contributed by atoms with van der Waals surface area (Å²) >= 11 is 0. The summed E-state index contributed by atoms with van der Waals surface area (Å²) in [4.78, 5) is 31.1. The minimum absolute atomic E-state index is 0.0738. The Labute approximate surface area is 198 Å². The maximum atomic E-state index is 12.9. The molecule has 176 valence electrons. The number of hydrogen-bond donors (Lipinski definition) is 2. The molecule has 5 rings (SSSR count). The number of para-hydroxylation sites is 1. The van der Waals surface area contributed by atoms with Crippen LogP contribution in [0.5, 0.6) is 0 Å². The van der Waals surface area contributed by atoms with Crippen molar-refractivity contribution in [2.75, 3.05) is 19.6 Å². The predicted octanol–water partition coefficient (Wildman–Crippen LogP) is 3.52. The van der Waals surface area contributed by atoms with Gasteiger partial charge in [0.1, 0.15) is 12.1 Å². The van der Waals surface area contributed by atoms with Gasteiger partial charge in [0.25, 0.3) is 5.56 Å². The number of aromatic nitrogens is 3. The third-order valence-corrected chi connectivity index (χ3v) is 7.01. The number of piperidine rings is 1. The van der Waals surface area contributed by atoms with E-state index in [1.54, 1.807) is 6.20 Å². The molecule has 3 heterocycles. The van der Waals surface area contributed by atoms with Crippen LogP contribution >= 0.6 is 0 Å². The second-order valence-electron chi connectivity index (χ2n) is 9.52. The molecule has 0 spiro atoms. The minimum Gasteiger partial charge on any atom is -0.354 e. The van der Waals surface area contributed by atoms with Crippen molar-refractivity contribution in [3.8, 4) is 0 Å². The largest absolute Gasteiger partial charge is 0.354 e. The third kappa shape index (κ3) is 4.61. The lowest BCUT2D eigenvalue weighted by Gasteiger charge is -2.32. The van der Waals surface area contributed by atoms with Crippen LogP contribution in [0, 0.1) is 19.8 Å². The number of benzene rings is 2. The summed E-state index contributed by atoms with van der Waals surface area (Å²) in [5.74, 6) is 0.280. The maximum absolute atomic E-state index is 12.9. The van der Waals surface area contributed by atoms with Crippen LogP contribution in [0.3, 0.4) is 0 Å². The number of carbonyl (C=O) groups is 1. The van der Waals surface area contributed by atoms with Crippen LogP contribution in [0.15, 0.2) is 53.5 Å². The van der Waals surface area contributed by atoms with E-state index < -0.39 is 0 Å². The Hall–Kier alpha value is -3.45. The molecule has 1 amide bonds. The number of aromatic amines is 1. The van der Waals surface area contributed by atoms with Gasteiger partial charge in [-0.25, -0.2) is 4.68 Å². The Balaban J connectivity index is 1.14. The smallest absolute Gasteiger partial charge is 0.291 e. The molecule has 4 aromatic rings. The minimum atomic E-state index is -0.274. The van der Waals surface area contributed by atoms with Crippen LogP contribution in [0.1, 0.15) is 29.5 Å². The molecule has 7 nitrogen and oxygen atoms in total. The molecule has 2 N–H and O–H groups in total. The van der Waals surface area contributed by atoms with E-state index in [1.165, 1.54) is 21.4 Å². The molecule has 1 aliphatic rings. The molecule has 0 unspecified atom stereocenters. The second-order valence-corrected chi connectivity index (χ2v) is 9.52. The fourth-order valence-corrected chi connectivity index (χ4v) is 4.90. The lowest BCUT2D eigenvalue weighted by molar-refractivity contribution is -0.122. The highest BCUT2D eigenvalue weighted by molar-refractivity contribution is 6.06. The number of aryl methyl sites for hydroxylation is 2. The molecule has 1 saturated heterocycles. The highest BCUT2D eigenvalue weighted by Crippen LogP contribution is 2.22. The van der Waals surface area contributed by atoms with Crippen molar-refractivity contribution >= 4 is 27.7 Å². The Bertz CT molecular complexity index is 1400. The van der Waals surface area contributed by atoms with E-state index in [4.69, 9.17) is 0 Å². The van der Waals surface area contributed by atoms with Crippen molar-refractivity contribution in [3.05, 3.63) is 75.7 Å². The van der Waals surface area contributed by atoms with Gasteiger partial charge >= 0.3 is 0 Å². The summed E-state index contributed by atoms with van der Waals surface area (Å²) in [6, 6.07) is 14.4. The molecule has 0 atom stereocenters. The Morgan fingerprint density at radius 3 is 2.74 bits per heavy atom. The summed E-state index contributed by atoms with van der Waals surface area (Å²) in [5, 5.41) is 9.00. The van der Waals surface area contributed by atoms with E-state index in [1.807, 2.05) is 24.3 Å². The molecule has 0 radical (unpaired) electrons. The second kappa shape index (κ2) is 9.43. The molecule has 1 aliphatic heterocycles. The van der Waals surface area contributed by atoms with Crippen molar-refractivity contribution in [2.24, 2.45) is 5.92 Å². The lowest BCUT2D eigenvalue weighted by atomic mass is 9.96. The van der Waals surface area contributed by atoms with Crippen molar-refractivity contribution in [2.45, 2.75) is 39.8 Å². The molecule has 0 saturated carbocycles. The number of nitrogens with zero attached hydrogens (tertiary/aromatic N) is 3. The SMILES string of the molecule is Cc1ccc(C)c(CN2CCC(CNC(=O)Cn3ncc4c([nH]c5ccccc54)c3=O)CC2)c1. The number of hydrogen-bond acceptors (Lipinski definition) is 4. The van der Waals surface area contributed by atoms with Crippen LogP contribution < -0.4 is 10.9 Å². The van der Waals surface area contributed by atoms with E-state index >= 15 is 0 Å². The Kier molecular flexibility index (Phi) is 6.20. The number of nitrogens with one attached hydrogen (secondary N) is 2. The third-order valence-electron chi connectivity index (χ3n) is 7.01. The van der Waals surface area contributed by atoms with Gasteiger partial charge in [-0.15, -0.1) is 0 Å². The molecule has 0 bridgehead atoms. The van der Waals surface area contributed by atoms with Gasteiger partial charge in [-0.3, -0.25) is 14.5 Å². The average molecular weight is 458 g/mol. The van der Waals surface area contributed by atoms with E-state index in [9.17, 15) is 9.59 Å². The highest BCUT2D eigenvalue weighted by Gasteiger charge is 2.21. The quantitative estimate of drug-likeness (QED) is 0.464. The zero-order valence-electron chi connectivity index (χ0n) is 19.8. The van der Waals surface area contributed by atoms with E-state index in [0.717, 1.165) is 48.8 Å². The highest BCUT2D eigenvalue weighted by atomic mass is 16.2. The van der Waals surface area contributed by atoms with Crippen molar-refractivity contribution in [3.63, 3.8) is 0 Å². The number of fused-ring (bicyclic) bond motifs is 3. The fraction of sp³-hybridized carbons (Fsp3) is 0.370. The summed E-state index contributed by atoms with van der Waals surface area (Å²) in [6.45, 7) is 7.93. The molecule has 0 aliphatic carbocycles. The number of rotatable bonds is 6. The zero-order chi connectivity index (χ0) is 23.7. The first-order valence-corrected chi connectivity index (χ1v) is 12.0. The summed E-state index contributed by atoms with van der Waals surface area (Å²) in [6.07, 6.45) is 3.78. The summed E-state index contributed by atoms with van der Waals surface area (Å²) < 4.78 is 1.24. The van der Waals surface area contributed by atoms with Gasteiger partial charge < -0.3 is 10.3 Å². The van der Waals surface area contributed by atoms with Crippen LogP contribution in [0.4, 0.5) is 0 Å². The molecule has 34 heavy (non-hydrogen) atoms. The summed E-state index contributed by atoms with van der Waals surface area (Å²) in [5.41, 5.74) is 5.15. The first kappa shape index (κ1) is 22.3. The molecular formula is C27H31N5O2. The van der Waals surface area contributed by atoms with Crippen LogP contribution in [-0.2, 0) is 17.9 Å². The number of carbonyl (C=O) groups excluding carboxylic acids is 1. The van der Waals surface area contributed by atoms with Gasteiger partial charge in [0.05, 0.1) is 6.20 Å². The Morgan fingerprint density at radius 2 is 1.91 bits per heavy atom. The van der Waals surface area contributed by atoms with Gasteiger partial charge in [-0.1, -0.05) is 42.0 Å². The predicted molar refractivity (Wildman–Crippen MR) is 135 cm³/mol. The van der Waals surface area contributed by atoms with E-state index in [0.29, 0.717) is 18.0 Å². The Morgan fingerprint density at radius 1 is 1.12 bits per heavy atom. The average Bonchev–Trinajstić information content (AvgIpc) is 3.22. The van der Waals surface area contributed by atoms with Crippen molar-refractivity contribution in [1.82, 2.24) is 25.0 Å². The number of H-pyrrole nitrogens is 1. The topological polar surface area (TPSA) is 83.0 Å². The van der Waals surface area contributed by atoms with Gasteiger partial charge in [0.2, 0.25) is 5.91 Å². The van der Waals surface area contributed by atoms with Gasteiger partial charge in [0, 0.05) is 29.4 Å². The molecular weight excluding hydrogens is 426 g/mol. The van der Waals surface area contributed by atoms with Crippen LogP contribution in [0.25, 0.3) is 21.8 Å². The molecule has 7 heteroatoms. The van der Waals surface area contributed by atoms with E-state index in [-0.39, 0.29) is 18.0 Å². The monoisotopic (exact) mass is 457 g/mol. The molecule has 1 fully saturated rings. The fourth-order valence-electron chi connectivity index (χ4n) is 4.90. The standard InChI is InChI=1S/C27H31N5O2/c1-18-7-8-19(2)21(13-18)16-31-11-9-20(10-12-31)14-28-25(33)17-32-27(34)26-23(15-29-32)22-5-3-4-6-24(22)30-26/h3-8,13,15,20,30H,9-12,14,16-17H2,1-2H3,(H,28,33). The molecule has 2 aromatic carbocycles. The number of likely N-dealkylation sites (tertiary alicyclic amines) is 1. The van der Waals surface area contributed by atoms with Gasteiger partial charge in [0.15, 0.2) is 0 Å². The summed E-state index contributed by atoms with van der Waals surface area (Å²) in [7, 11) is 0. The van der Waals surface area contributed by atoms with Crippen LogP contribution in [0.2, 0.25) is 0 Å². The zero-order valence-corrected chi connectivity index (χ0v) is 19.8. The van der Waals surface area contributed by atoms with Gasteiger partial charge in [-0.05, 0) is 62.9 Å². The lowest BCUT2D eigenvalue weighted by Crippen LogP contribution is -2.40. The van der Waals surface area contributed by atoms with Gasteiger partial charge in [-0.2, -0.15) is 5.10 Å². The molecule has 2 aromatic heterocycles. The first-order chi connectivity index (χ1) is 16.5. The van der Waals surface area contributed by atoms with Crippen LogP contribution in [-0.4, -0.2) is 45.2 Å². The first-order valence-electron chi connectivity index (χ1n) is 12.0. The normalized spacial score (nSPS) is 15.2. The number of amides is 1.